The summed E-state index contributed by atoms with van der Waals surface area (Å²) in [5.41, 5.74) is 0.476. The molecule has 2 bridgehead atoms. The van der Waals surface area contributed by atoms with E-state index in [0.717, 1.165) is 31.9 Å². The molecule has 0 unspecified atom stereocenters. The van der Waals surface area contributed by atoms with Crippen LogP contribution in [0.2, 0.25) is 0 Å². The van der Waals surface area contributed by atoms with Gasteiger partial charge in [0.1, 0.15) is 5.82 Å². The van der Waals surface area contributed by atoms with Crippen LogP contribution < -0.4 is 15.1 Å². The molecule has 3 saturated heterocycles. The minimum absolute atomic E-state index is 0.0835. The minimum atomic E-state index is -0.123. The maximum absolute atomic E-state index is 12.9. The van der Waals surface area contributed by atoms with Crippen LogP contribution in [-0.4, -0.2) is 66.3 Å². The van der Waals surface area contributed by atoms with Crippen LogP contribution in [0, 0.1) is 11.8 Å². The SMILES string of the molecule is CN(C)c1ncccc1C(=O)NC[C@H]1[C@H]2CN(c3ncccn3)C[C@]23CC[C@H]1O3. The van der Waals surface area contributed by atoms with E-state index in [2.05, 4.69) is 25.2 Å². The highest BCUT2D eigenvalue weighted by molar-refractivity contribution is 5.98. The van der Waals surface area contributed by atoms with Crippen molar-refractivity contribution >= 4 is 17.7 Å². The van der Waals surface area contributed by atoms with Crippen molar-refractivity contribution in [2.24, 2.45) is 11.8 Å². The lowest BCUT2D eigenvalue weighted by atomic mass is 9.73. The smallest absolute Gasteiger partial charge is 0.255 e. The zero-order valence-corrected chi connectivity index (χ0v) is 16.8. The van der Waals surface area contributed by atoms with E-state index in [0.29, 0.717) is 29.8 Å². The predicted molar refractivity (Wildman–Crippen MR) is 109 cm³/mol. The van der Waals surface area contributed by atoms with Crippen molar-refractivity contribution < 1.29 is 9.53 Å². The third-order valence-corrected chi connectivity index (χ3v) is 6.57. The number of nitrogens with one attached hydrogen (secondary N) is 1. The van der Waals surface area contributed by atoms with E-state index < -0.39 is 0 Å². The van der Waals surface area contributed by atoms with Crippen LogP contribution in [-0.2, 0) is 4.74 Å². The van der Waals surface area contributed by atoms with Gasteiger partial charge in [-0.25, -0.2) is 15.0 Å². The Balaban J connectivity index is 1.30. The number of hydrogen-bond acceptors (Lipinski definition) is 7. The summed E-state index contributed by atoms with van der Waals surface area (Å²) in [6, 6.07) is 5.45. The van der Waals surface area contributed by atoms with E-state index in [-0.39, 0.29) is 17.6 Å². The molecule has 4 atom stereocenters. The van der Waals surface area contributed by atoms with Crippen LogP contribution >= 0.6 is 0 Å². The number of aromatic nitrogens is 3. The Morgan fingerprint density at radius 2 is 2.07 bits per heavy atom. The zero-order valence-electron chi connectivity index (χ0n) is 16.8. The van der Waals surface area contributed by atoms with Crippen molar-refractivity contribution in [2.45, 2.75) is 24.5 Å². The summed E-state index contributed by atoms with van der Waals surface area (Å²) < 4.78 is 6.48. The fourth-order valence-electron chi connectivity index (χ4n) is 5.31. The summed E-state index contributed by atoms with van der Waals surface area (Å²) in [5, 5.41) is 3.15. The number of anilines is 2. The summed E-state index contributed by atoms with van der Waals surface area (Å²) in [4.78, 5) is 30.1. The molecule has 29 heavy (non-hydrogen) atoms. The highest BCUT2D eigenvalue weighted by Gasteiger charge is 2.63. The van der Waals surface area contributed by atoms with Gasteiger partial charge < -0.3 is 19.9 Å². The Labute approximate surface area is 170 Å². The molecule has 0 saturated carbocycles. The molecule has 0 aromatic carbocycles. The van der Waals surface area contributed by atoms with Gasteiger partial charge in [0.25, 0.3) is 5.91 Å². The van der Waals surface area contributed by atoms with Gasteiger partial charge >= 0.3 is 0 Å². The molecule has 0 radical (unpaired) electrons. The maximum atomic E-state index is 12.9. The molecule has 152 valence electrons. The number of carbonyl (C=O) groups is 1. The van der Waals surface area contributed by atoms with E-state index in [1.807, 2.05) is 31.1 Å². The van der Waals surface area contributed by atoms with Crippen molar-refractivity contribution in [1.82, 2.24) is 20.3 Å². The van der Waals surface area contributed by atoms with Crippen LogP contribution in [0.3, 0.4) is 0 Å². The molecular formula is C21H26N6O2. The van der Waals surface area contributed by atoms with Crippen molar-refractivity contribution in [2.75, 3.05) is 43.5 Å². The van der Waals surface area contributed by atoms with E-state index in [9.17, 15) is 4.79 Å². The maximum Gasteiger partial charge on any atom is 0.255 e. The van der Waals surface area contributed by atoms with E-state index >= 15 is 0 Å². The summed E-state index contributed by atoms with van der Waals surface area (Å²) >= 11 is 0. The summed E-state index contributed by atoms with van der Waals surface area (Å²) in [6.07, 6.45) is 7.61. The minimum Gasteiger partial charge on any atom is -0.369 e. The second-order valence-corrected chi connectivity index (χ2v) is 8.44. The van der Waals surface area contributed by atoms with Crippen LogP contribution in [0.5, 0.6) is 0 Å². The van der Waals surface area contributed by atoms with Gasteiger partial charge in [-0.05, 0) is 31.0 Å². The van der Waals surface area contributed by atoms with Crippen molar-refractivity contribution in [3.63, 3.8) is 0 Å². The molecule has 8 heteroatoms. The number of fused-ring (bicyclic) bond motifs is 1. The first-order valence-corrected chi connectivity index (χ1v) is 10.2. The van der Waals surface area contributed by atoms with Crippen molar-refractivity contribution in [1.29, 1.82) is 0 Å². The Hall–Kier alpha value is -2.74. The molecular weight excluding hydrogens is 368 g/mol. The number of ether oxygens (including phenoxy) is 1. The monoisotopic (exact) mass is 394 g/mol. The summed E-state index contributed by atoms with van der Waals surface area (Å²) in [7, 11) is 3.79. The Morgan fingerprint density at radius 1 is 1.28 bits per heavy atom. The molecule has 8 nitrogen and oxygen atoms in total. The van der Waals surface area contributed by atoms with Gasteiger partial charge in [-0.1, -0.05) is 0 Å². The molecule has 3 fully saturated rings. The number of nitrogens with zero attached hydrogens (tertiary/aromatic N) is 5. The first kappa shape index (κ1) is 18.3. The molecule has 5 rings (SSSR count). The second kappa shape index (κ2) is 6.95. The van der Waals surface area contributed by atoms with Crippen LogP contribution in [0.15, 0.2) is 36.8 Å². The molecule has 1 spiro atoms. The zero-order chi connectivity index (χ0) is 20.0. The second-order valence-electron chi connectivity index (χ2n) is 8.44. The molecule has 3 aliphatic rings. The van der Waals surface area contributed by atoms with Crippen molar-refractivity contribution in [3.05, 3.63) is 42.4 Å². The third kappa shape index (κ3) is 3.02. The standard InChI is InChI=1S/C21H26N6O2/c1-26(2)18-14(5-3-8-22-18)19(28)25-11-15-16-12-27(20-23-9-4-10-24-20)13-21(16)7-6-17(15)29-21/h3-5,8-10,15-17H,6-7,11-13H2,1-2H3,(H,25,28)/t15-,16+,17+,21+/m0/s1. The quantitative estimate of drug-likeness (QED) is 0.820. The average Bonchev–Trinajstić information content (AvgIpc) is 3.41. The Bertz CT molecular complexity index is 907. The fraction of sp³-hybridized carbons (Fsp3) is 0.524. The van der Waals surface area contributed by atoms with Gasteiger partial charge in [-0.15, -0.1) is 0 Å². The molecule has 5 heterocycles. The molecule has 0 aliphatic carbocycles. The lowest BCUT2D eigenvalue weighted by Gasteiger charge is -2.29. The fourth-order valence-corrected chi connectivity index (χ4v) is 5.31. The predicted octanol–water partition coefficient (Wildman–Crippen LogP) is 1.35. The van der Waals surface area contributed by atoms with Gasteiger partial charge in [0.2, 0.25) is 5.95 Å². The first-order valence-electron chi connectivity index (χ1n) is 10.2. The lowest BCUT2D eigenvalue weighted by Crippen LogP contribution is -2.42. The first-order chi connectivity index (χ1) is 14.1. The van der Waals surface area contributed by atoms with Crippen LogP contribution in [0.25, 0.3) is 0 Å². The number of hydrogen-bond donors (Lipinski definition) is 1. The Kier molecular flexibility index (Phi) is 4.38. The molecule has 1 amide bonds. The van der Waals surface area contributed by atoms with Gasteiger partial charge in [-0.3, -0.25) is 4.79 Å². The average molecular weight is 394 g/mol. The molecule has 2 aromatic rings. The van der Waals surface area contributed by atoms with Crippen LogP contribution in [0.4, 0.5) is 11.8 Å². The van der Waals surface area contributed by atoms with Gasteiger partial charge in [-0.2, -0.15) is 0 Å². The highest BCUT2D eigenvalue weighted by atomic mass is 16.5. The highest BCUT2D eigenvalue weighted by Crippen LogP contribution is 2.54. The van der Waals surface area contributed by atoms with Gasteiger partial charge in [0.15, 0.2) is 0 Å². The number of carbonyl (C=O) groups excluding carboxylic acids is 1. The van der Waals surface area contributed by atoms with E-state index in [1.54, 1.807) is 24.7 Å². The van der Waals surface area contributed by atoms with Gasteiger partial charge in [0.05, 0.1) is 23.8 Å². The third-order valence-electron chi connectivity index (χ3n) is 6.57. The Morgan fingerprint density at radius 3 is 2.86 bits per heavy atom. The van der Waals surface area contributed by atoms with Crippen molar-refractivity contribution in [3.8, 4) is 0 Å². The molecule has 1 N–H and O–H groups in total. The molecule has 2 aromatic heterocycles. The number of amides is 1. The number of rotatable bonds is 5. The summed E-state index contributed by atoms with van der Waals surface area (Å²) in [6.45, 7) is 2.31. The topological polar surface area (TPSA) is 83.5 Å². The van der Waals surface area contributed by atoms with E-state index in [4.69, 9.17) is 4.74 Å². The van der Waals surface area contributed by atoms with Crippen LogP contribution in [0.1, 0.15) is 23.2 Å². The summed E-state index contributed by atoms with van der Waals surface area (Å²) in [5.74, 6) is 2.05. The normalized spacial score (nSPS) is 29.7. The van der Waals surface area contributed by atoms with Gasteiger partial charge in [0, 0.05) is 57.6 Å². The lowest BCUT2D eigenvalue weighted by molar-refractivity contribution is 0.0141. The molecule has 3 aliphatic heterocycles. The number of pyridine rings is 1. The van der Waals surface area contributed by atoms with E-state index in [1.165, 1.54) is 0 Å². The largest absolute Gasteiger partial charge is 0.369 e.